The molecule has 7 heteroatoms. The molecule has 0 aliphatic carbocycles. The Balaban J connectivity index is 2.33. The van der Waals surface area contributed by atoms with Crippen molar-refractivity contribution in [1.82, 2.24) is 4.31 Å². The highest BCUT2D eigenvalue weighted by atomic mass is 35.5. The zero-order chi connectivity index (χ0) is 15.6. The minimum atomic E-state index is -3.59. The fourth-order valence-electron chi connectivity index (χ4n) is 2.70. The molecule has 2 rings (SSSR count). The molecule has 1 fully saturated rings. The molecule has 0 bridgehead atoms. The summed E-state index contributed by atoms with van der Waals surface area (Å²) >= 11 is 18.0. The maximum Gasteiger partial charge on any atom is 0.244 e. The Kier molecular flexibility index (Phi) is 5.83. The van der Waals surface area contributed by atoms with Gasteiger partial charge >= 0.3 is 0 Å². The summed E-state index contributed by atoms with van der Waals surface area (Å²) in [5, 5.41) is 0.524. The van der Waals surface area contributed by atoms with Gasteiger partial charge in [-0.25, -0.2) is 8.42 Å². The molecule has 0 N–H and O–H groups in total. The first kappa shape index (κ1) is 17.4. The Morgan fingerprint density at radius 2 is 2.05 bits per heavy atom. The highest BCUT2D eigenvalue weighted by Gasteiger charge is 2.34. The van der Waals surface area contributed by atoms with Gasteiger partial charge in [-0.3, -0.25) is 0 Å². The van der Waals surface area contributed by atoms with Gasteiger partial charge in [-0.15, -0.1) is 11.6 Å². The molecular weight excluding hydrogens is 353 g/mol. The number of nitrogens with zero attached hydrogens (tertiary/aromatic N) is 1. The van der Waals surface area contributed by atoms with Gasteiger partial charge in [0, 0.05) is 23.7 Å². The average Bonchev–Trinajstić information content (AvgIpc) is 2.89. The number of sulfonamides is 1. The predicted molar refractivity (Wildman–Crippen MR) is 87.8 cm³/mol. The third-order valence-corrected chi connectivity index (χ3v) is 6.92. The SMILES string of the molecule is CCCC1CCN(S(=O)(=O)c2ccc(Cl)c(CCl)c2Cl)C1. The van der Waals surface area contributed by atoms with E-state index in [0.717, 1.165) is 19.3 Å². The lowest BCUT2D eigenvalue weighted by Gasteiger charge is -2.18. The quantitative estimate of drug-likeness (QED) is 0.713. The second-order valence-electron chi connectivity index (χ2n) is 5.28. The lowest BCUT2D eigenvalue weighted by atomic mass is 10.0. The summed E-state index contributed by atoms with van der Waals surface area (Å²) in [6, 6.07) is 3.00. The van der Waals surface area contributed by atoms with E-state index in [2.05, 4.69) is 6.92 Å². The topological polar surface area (TPSA) is 37.4 Å². The zero-order valence-corrected chi connectivity index (χ0v) is 14.9. The first-order valence-corrected chi connectivity index (χ1v) is 9.67. The van der Waals surface area contributed by atoms with E-state index in [-0.39, 0.29) is 15.8 Å². The Morgan fingerprint density at radius 3 is 2.67 bits per heavy atom. The van der Waals surface area contributed by atoms with E-state index in [9.17, 15) is 8.42 Å². The van der Waals surface area contributed by atoms with Crippen molar-refractivity contribution in [2.24, 2.45) is 5.92 Å². The molecule has 1 aliphatic rings. The van der Waals surface area contributed by atoms with Crippen LogP contribution in [0.2, 0.25) is 10.0 Å². The van der Waals surface area contributed by atoms with Crippen LogP contribution in [0.25, 0.3) is 0 Å². The minimum Gasteiger partial charge on any atom is -0.207 e. The van der Waals surface area contributed by atoms with Crippen LogP contribution in [-0.4, -0.2) is 25.8 Å². The van der Waals surface area contributed by atoms with Crippen molar-refractivity contribution in [2.75, 3.05) is 13.1 Å². The Labute approximate surface area is 141 Å². The Morgan fingerprint density at radius 1 is 1.33 bits per heavy atom. The largest absolute Gasteiger partial charge is 0.244 e. The molecule has 21 heavy (non-hydrogen) atoms. The molecule has 0 amide bonds. The molecule has 1 heterocycles. The summed E-state index contributed by atoms with van der Waals surface area (Å²) in [5.41, 5.74) is 0.463. The number of halogens is 3. The van der Waals surface area contributed by atoms with Gasteiger partial charge in [0.25, 0.3) is 0 Å². The second-order valence-corrected chi connectivity index (χ2v) is 8.24. The summed E-state index contributed by atoms with van der Waals surface area (Å²) < 4.78 is 27.0. The summed E-state index contributed by atoms with van der Waals surface area (Å²) in [5.74, 6) is 0.516. The minimum absolute atomic E-state index is 0.0828. The fraction of sp³-hybridized carbons (Fsp3) is 0.571. The maximum absolute atomic E-state index is 12.7. The molecule has 1 saturated heterocycles. The van der Waals surface area contributed by atoms with E-state index in [1.54, 1.807) is 0 Å². The smallest absolute Gasteiger partial charge is 0.207 e. The van der Waals surface area contributed by atoms with Crippen LogP contribution >= 0.6 is 34.8 Å². The summed E-state index contributed by atoms with van der Waals surface area (Å²) in [4.78, 5) is 0.0985. The van der Waals surface area contributed by atoms with Crippen molar-refractivity contribution in [3.8, 4) is 0 Å². The lowest BCUT2D eigenvalue weighted by Crippen LogP contribution is -2.29. The van der Waals surface area contributed by atoms with Crippen LogP contribution < -0.4 is 0 Å². The van der Waals surface area contributed by atoms with Gasteiger partial charge in [0.15, 0.2) is 0 Å². The molecule has 1 aliphatic heterocycles. The van der Waals surface area contributed by atoms with E-state index >= 15 is 0 Å². The summed E-state index contributed by atoms with van der Waals surface area (Å²) in [6.45, 7) is 3.22. The average molecular weight is 371 g/mol. The van der Waals surface area contributed by atoms with Gasteiger partial charge in [-0.1, -0.05) is 36.5 Å². The monoisotopic (exact) mass is 369 g/mol. The van der Waals surface area contributed by atoms with E-state index in [1.807, 2.05) is 0 Å². The van der Waals surface area contributed by atoms with Crippen LogP contribution in [0.15, 0.2) is 17.0 Å². The second kappa shape index (κ2) is 7.05. The van der Waals surface area contributed by atoms with Crippen molar-refractivity contribution in [3.05, 3.63) is 27.7 Å². The van der Waals surface area contributed by atoms with Crippen LogP contribution in [0.4, 0.5) is 0 Å². The number of hydrogen-bond donors (Lipinski definition) is 0. The van der Waals surface area contributed by atoms with Crippen molar-refractivity contribution < 1.29 is 8.42 Å². The third-order valence-electron chi connectivity index (χ3n) is 3.85. The normalized spacial score (nSPS) is 20.1. The van der Waals surface area contributed by atoms with Gasteiger partial charge in [0.2, 0.25) is 10.0 Å². The molecule has 1 aromatic carbocycles. The Hall–Kier alpha value is -0.000000000000000167. The van der Waals surface area contributed by atoms with E-state index in [4.69, 9.17) is 34.8 Å². The van der Waals surface area contributed by atoms with Gasteiger partial charge in [0.1, 0.15) is 4.90 Å². The predicted octanol–water partition coefficient (Wildman–Crippen LogP) is 4.54. The van der Waals surface area contributed by atoms with Crippen molar-refractivity contribution in [1.29, 1.82) is 0 Å². The first-order chi connectivity index (χ1) is 9.91. The standard InChI is InChI=1S/C14H18Cl3NO2S/c1-2-3-10-6-7-18(9-10)21(19,20)13-5-4-12(16)11(8-15)14(13)17/h4-5,10H,2-3,6-9H2,1H3. The number of rotatable bonds is 5. The molecule has 0 radical (unpaired) electrons. The molecule has 1 unspecified atom stereocenters. The maximum atomic E-state index is 12.7. The molecule has 118 valence electrons. The highest BCUT2D eigenvalue weighted by molar-refractivity contribution is 7.89. The van der Waals surface area contributed by atoms with Gasteiger partial charge < -0.3 is 0 Å². The van der Waals surface area contributed by atoms with Crippen molar-refractivity contribution >= 4 is 44.8 Å². The zero-order valence-electron chi connectivity index (χ0n) is 11.8. The van der Waals surface area contributed by atoms with Crippen LogP contribution in [0.5, 0.6) is 0 Å². The van der Waals surface area contributed by atoms with Gasteiger partial charge in [-0.2, -0.15) is 4.31 Å². The molecule has 0 spiro atoms. The van der Waals surface area contributed by atoms with Crippen molar-refractivity contribution in [3.63, 3.8) is 0 Å². The lowest BCUT2D eigenvalue weighted by molar-refractivity contribution is 0.444. The third kappa shape index (κ3) is 3.50. The van der Waals surface area contributed by atoms with Crippen molar-refractivity contribution in [2.45, 2.75) is 37.0 Å². The summed E-state index contributed by atoms with van der Waals surface area (Å²) in [7, 11) is -3.59. The molecule has 0 aromatic heterocycles. The van der Waals surface area contributed by atoms with Crippen LogP contribution in [0.1, 0.15) is 31.7 Å². The van der Waals surface area contributed by atoms with Crippen LogP contribution in [0, 0.1) is 5.92 Å². The van der Waals surface area contributed by atoms with Crippen LogP contribution in [-0.2, 0) is 15.9 Å². The number of benzene rings is 1. The Bertz CT molecular complexity index is 619. The number of alkyl halides is 1. The molecule has 0 saturated carbocycles. The van der Waals surface area contributed by atoms with Gasteiger partial charge in [0.05, 0.1) is 10.9 Å². The van der Waals surface area contributed by atoms with Gasteiger partial charge in [-0.05, 0) is 30.9 Å². The highest BCUT2D eigenvalue weighted by Crippen LogP contribution is 2.35. The molecule has 1 aromatic rings. The summed E-state index contributed by atoms with van der Waals surface area (Å²) in [6.07, 6.45) is 3.02. The molecule has 1 atom stereocenters. The van der Waals surface area contributed by atoms with E-state index in [0.29, 0.717) is 29.6 Å². The number of hydrogen-bond acceptors (Lipinski definition) is 2. The van der Waals surface area contributed by atoms with E-state index < -0.39 is 10.0 Å². The molecule has 3 nitrogen and oxygen atoms in total. The fourth-order valence-corrected chi connectivity index (χ4v) is 5.53. The van der Waals surface area contributed by atoms with E-state index in [1.165, 1.54) is 16.4 Å². The molecular formula is C14H18Cl3NO2S. The first-order valence-electron chi connectivity index (χ1n) is 6.94. The van der Waals surface area contributed by atoms with Crippen LogP contribution in [0.3, 0.4) is 0 Å².